The lowest BCUT2D eigenvalue weighted by atomic mass is 10.3. The number of aromatic nitrogens is 2. The summed E-state index contributed by atoms with van der Waals surface area (Å²) < 4.78 is 24.7. The van der Waals surface area contributed by atoms with E-state index in [0.717, 1.165) is 19.5 Å². The van der Waals surface area contributed by atoms with E-state index in [0.29, 0.717) is 11.4 Å². The number of rotatable bonds is 5. The molecule has 1 aromatic rings. The van der Waals surface area contributed by atoms with Gasteiger partial charge in [-0.25, -0.2) is 8.42 Å². The second kappa shape index (κ2) is 5.81. The monoisotopic (exact) mass is 305 g/mol. The molecule has 0 amide bonds. The topological polar surface area (TPSA) is 55.2 Å². The van der Waals surface area contributed by atoms with Gasteiger partial charge in [-0.3, -0.25) is 4.68 Å². The van der Waals surface area contributed by atoms with Crippen LogP contribution >= 0.6 is 10.7 Å². The molecule has 0 atom stereocenters. The van der Waals surface area contributed by atoms with E-state index in [1.54, 1.807) is 18.5 Å². The van der Waals surface area contributed by atoms with Crippen LogP contribution in [0.2, 0.25) is 0 Å². The minimum atomic E-state index is -3.71. The van der Waals surface area contributed by atoms with Gasteiger partial charge in [0, 0.05) is 17.2 Å². The quantitative estimate of drug-likeness (QED) is 0.780. The van der Waals surface area contributed by atoms with Crippen LogP contribution in [0.5, 0.6) is 0 Å². The van der Waals surface area contributed by atoms with Crippen molar-refractivity contribution in [1.29, 1.82) is 0 Å². The molecule has 5 nitrogen and oxygen atoms in total. The maximum atomic E-state index is 11.5. The first-order chi connectivity index (χ1) is 8.89. The van der Waals surface area contributed by atoms with Crippen molar-refractivity contribution < 1.29 is 8.42 Å². The van der Waals surface area contributed by atoms with Crippen LogP contribution in [0.15, 0.2) is 4.90 Å². The average Bonchev–Trinajstić information content (AvgIpc) is 2.87. The predicted octanol–water partition coefficient (Wildman–Crippen LogP) is 1.91. The number of likely N-dealkylation sites (tertiary alicyclic amines) is 1. The summed E-state index contributed by atoms with van der Waals surface area (Å²) in [5.74, 6) is 0. The fourth-order valence-electron chi connectivity index (χ4n) is 2.70. The number of hydrogen-bond acceptors (Lipinski definition) is 4. The molecule has 108 valence electrons. The Bertz CT molecular complexity index is 548. The fraction of sp³-hybridized carbons (Fsp3) is 0.750. The Labute approximate surface area is 119 Å². The Morgan fingerprint density at radius 2 is 1.84 bits per heavy atom. The molecule has 0 aromatic carbocycles. The lowest BCUT2D eigenvalue weighted by Crippen LogP contribution is -2.21. The lowest BCUT2D eigenvalue weighted by molar-refractivity contribution is 0.321. The zero-order valence-electron chi connectivity index (χ0n) is 11.4. The third-order valence-corrected chi connectivity index (χ3v) is 5.14. The third kappa shape index (κ3) is 3.49. The van der Waals surface area contributed by atoms with Gasteiger partial charge in [-0.05, 0) is 52.7 Å². The maximum Gasteiger partial charge on any atom is 0.264 e. The maximum absolute atomic E-state index is 11.5. The SMILES string of the molecule is Cc1nn(CCCN2CCCC2)c(C)c1S(=O)(=O)Cl. The lowest BCUT2D eigenvalue weighted by Gasteiger charge is -2.14. The van der Waals surface area contributed by atoms with E-state index in [1.165, 1.54) is 25.9 Å². The van der Waals surface area contributed by atoms with Crippen LogP contribution in [0.1, 0.15) is 30.7 Å². The van der Waals surface area contributed by atoms with E-state index in [-0.39, 0.29) is 4.90 Å². The van der Waals surface area contributed by atoms with E-state index in [9.17, 15) is 8.42 Å². The molecule has 19 heavy (non-hydrogen) atoms. The van der Waals surface area contributed by atoms with Crippen molar-refractivity contribution in [1.82, 2.24) is 14.7 Å². The summed E-state index contributed by atoms with van der Waals surface area (Å²) in [6, 6.07) is 0. The Kier molecular flexibility index (Phi) is 4.53. The van der Waals surface area contributed by atoms with Gasteiger partial charge >= 0.3 is 0 Å². The molecule has 1 saturated heterocycles. The fourth-order valence-corrected chi connectivity index (χ4v) is 4.22. The summed E-state index contributed by atoms with van der Waals surface area (Å²) in [7, 11) is 1.73. The van der Waals surface area contributed by atoms with Crippen LogP contribution in [0.3, 0.4) is 0 Å². The van der Waals surface area contributed by atoms with Crippen LogP contribution in [-0.4, -0.2) is 42.7 Å². The highest BCUT2D eigenvalue weighted by Gasteiger charge is 2.22. The van der Waals surface area contributed by atoms with Crippen molar-refractivity contribution in [2.75, 3.05) is 19.6 Å². The summed E-state index contributed by atoms with van der Waals surface area (Å²) in [4.78, 5) is 2.60. The summed E-state index contributed by atoms with van der Waals surface area (Å²) in [6.45, 7) is 7.57. The van der Waals surface area contributed by atoms with Gasteiger partial charge in [0.1, 0.15) is 4.90 Å². The van der Waals surface area contributed by atoms with Crippen LogP contribution in [0.25, 0.3) is 0 Å². The van der Waals surface area contributed by atoms with Crippen LogP contribution in [-0.2, 0) is 15.6 Å². The van der Waals surface area contributed by atoms with E-state index >= 15 is 0 Å². The Hall–Kier alpha value is -0.590. The van der Waals surface area contributed by atoms with Gasteiger partial charge in [0.25, 0.3) is 9.05 Å². The second-order valence-corrected chi connectivity index (χ2v) is 7.57. The van der Waals surface area contributed by atoms with Gasteiger partial charge in [-0.2, -0.15) is 5.10 Å². The molecule has 0 unspecified atom stereocenters. The van der Waals surface area contributed by atoms with Crippen molar-refractivity contribution in [2.45, 2.75) is 44.6 Å². The Morgan fingerprint density at radius 1 is 1.21 bits per heavy atom. The molecule has 0 aliphatic carbocycles. The molecule has 1 fully saturated rings. The molecule has 7 heteroatoms. The van der Waals surface area contributed by atoms with Crippen molar-refractivity contribution in [3.63, 3.8) is 0 Å². The molecule has 0 saturated carbocycles. The van der Waals surface area contributed by atoms with E-state index in [4.69, 9.17) is 10.7 Å². The molecule has 2 rings (SSSR count). The highest BCUT2D eigenvalue weighted by molar-refractivity contribution is 8.13. The largest absolute Gasteiger partial charge is 0.303 e. The van der Waals surface area contributed by atoms with Gasteiger partial charge in [0.05, 0.1) is 11.4 Å². The zero-order chi connectivity index (χ0) is 14.0. The summed E-state index contributed by atoms with van der Waals surface area (Å²) in [5.41, 5.74) is 1.11. The highest BCUT2D eigenvalue weighted by atomic mass is 35.7. The average molecular weight is 306 g/mol. The first-order valence-corrected chi connectivity index (χ1v) is 8.91. The van der Waals surface area contributed by atoms with Crippen molar-refractivity contribution in [3.05, 3.63) is 11.4 Å². The molecule has 1 aromatic heterocycles. The highest BCUT2D eigenvalue weighted by Crippen LogP contribution is 2.23. The molecule has 0 spiro atoms. The third-order valence-electron chi connectivity index (χ3n) is 3.60. The van der Waals surface area contributed by atoms with Crippen LogP contribution < -0.4 is 0 Å². The first-order valence-electron chi connectivity index (χ1n) is 6.60. The van der Waals surface area contributed by atoms with E-state index in [2.05, 4.69) is 10.00 Å². The van der Waals surface area contributed by atoms with Crippen molar-refractivity contribution in [3.8, 4) is 0 Å². The van der Waals surface area contributed by atoms with Crippen LogP contribution in [0.4, 0.5) is 0 Å². The number of halogens is 1. The van der Waals surface area contributed by atoms with Crippen molar-refractivity contribution in [2.24, 2.45) is 0 Å². The summed E-state index contributed by atoms with van der Waals surface area (Å²) in [5, 5.41) is 4.28. The van der Waals surface area contributed by atoms with Gasteiger partial charge < -0.3 is 4.90 Å². The smallest absolute Gasteiger partial charge is 0.264 e. The van der Waals surface area contributed by atoms with Crippen LogP contribution in [0, 0.1) is 13.8 Å². The van der Waals surface area contributed by atoms with E-state index < -0.39 is 9.05 Å². The van der Waals surface area contributed by atoms with Gasteiger partial charge in [0.15, 0.2) is 0 Å². The molecule has 2 heterocycles. The second-order valence-electron chi connectivity index (χ2n) is 5.06. The minimum Gasteiger partial charge on any atom is -0.303 e. The molecule has 1 aliphatic heterocycles. The molecular formula is C12H20ClN3O2S. The molecular weight excluding hydrogens is 286 g/mol. The normalized spacial score (nSPS) is 17.2. The Balaban J connectivity index is 2.01. The molecule has 0 N–H and O–H groups in total. The number of aryl methyl sites for hydroxylation is 2. The van der Waals surface area contributed by atoms with E-state index in [1.807, 2.05) is 0 Å². The standard InChI is InChI=1S/C12H20ClN3O2S/c1-10-12(19(13,17)18)11(2)16(14-10)9-5-8-15-6-3-4-7-15/h3-9H2,1-2H3. The van der Waals surface area contributed by atoms with Crippen molar-refractivity contribution >= 4 is 19.7 Å². The Morgan fingerprint density at radius 3 is 2.37 bits per heavy atom. The summed E-state index contributed by atoms with van der Waals surface area (Å²) >= 11 is 0. The molecule has 1 aliphatic rings. The number of hydrogen-bond donors (Lipinski definition) is 0. The van der Waals surface area contributed by atoms with Gasteiger partial charge in [-0.1, -0.05) is 0 Å². The van der Waals surface area contributed by atoms with Gasteiger partial charge in [-0.15, -0.1) is 0 Å². The first kappa shape index (κ1) is 14.8. The molecule has 0 radical (unpaired) electrons. The van der Waals surface area contributed by atoms with Gasteiger partial charge in [0.2, 0.25) is 0 Å². The minimum absolute atomic E-state index is 0.162. The number of nitrogens with zero attached hydrogens (tertiary/aromatic N) is 3. The summed E-state index contributed by atoms with van der Waals surface area (Å²) in [6.07, 6.45) is 3.55. The zero-order valence-corrected chi connectivity index (χ0v) is 13.0. The predicted molar refractivity (Wildman–Crippen MR) is 75.0 cm³/mol. The molecule has 0 bridgehead atoms.